The van der Waals surface area contributed by atoms with Crippen molar-refractivity contribution in [3.63, 3.8) is 0 Å². The number of piperidine rings is 1. The van der Waals surface area contributed by atoms with Crippen LogP contribution in [0.3, 0.4) is 0 Å². The molecule has 2 amide bonds. The van der Waals surface area contributed by atoms with Gasteiger partial charge in [-0.25, -0.2) is 4.79 Å². The van der Waals surface area contributed by atoms with Crippen LogP contribution in [0.1, 0.15) is 57.1 Å². The van der Waals surface area contributed by atoms with Gasteiger partial charge in [0.15, 0.2) is 0 Å². The van der Waals surface area contributed by atoms with E-state index in [9.17, 15) is 19.5 Å². The number of carboxylic acids is 1. The van der Waals surface area contributed by atoms with Crippen molar-refractivity contribution >= 4 is 18.0 Å². The lowest BCUT2D eigenvalue weighted by Crippen LogP contribution is -2.49. The predicted molar refractivity (Wildman–Crippen MR) is 133 cm³/mol. The molecule has 0 radical (unpaired) electrons. The molecule has 1 heterocycles. The number of nitrogens with one attached hydrogen (secondary N) is 1. The number of hydrogen-bond acceptors (Lipinski definition) is 4. The second-order valence-corrected chi connectivity index (χ2v) is 10.6. The van der Waals surface area contributed by atoms with Gasteiger partial charge in [-0.3, -0.25) is 9.59 Å². The Bertz CT molecular complexity index is 1060. The molecule has 0 bridgehead atoms. The van der Waals surface area contributed by atoms with Gasteiger partial charge in [-0.15, -0.1) is 0 Å². The van der Waals surface area contributed by atoms with E-state index in [2.05, 4.69) is 29.6 Å². The maximum atomic E-state index is 13.0. The van der Waals surface area contributed by atoms with Crippen molar-refractivity contribution in [3.05, 3.63) is 59.7 Å². The largest absolute Gasteiger partial charge is 0.481 e. The van der Waals surface area contributed by atoms with E-state index in [1.54, 1.807) is 4.90 Å². The number of fused-ring (bicyclic) bond motifs is 3. The van der Waals surface area contributed by atoms with Gasteiger partial charge < -0.3 is 20.1 Å². The van der Waals surface area contributed by atoms with Crippen LogP contribution in [0.25, 0.3) is 11.1 Å². The van der Waals surface area contributed by atoms with Crippen LogP contribution in [0.15, 0.2) is 48.5 Å². The Morgan fingerprint density at radius 2 is 1.66 bits per heavy atom. The Kier molecular flexibility index (Phi) is 7.15. The summed E-state index contributed by atoms with van der Waals surface area (Å²) in [6.45, 7) is 6.86. The third-order valence-corrected chi connectivity index (χ3v) is 7.18. The van der Waals surface area contributed by atoms with Crippen LogP contribution >= 0.6 is 0 Å². The Balaban J connectivity index is 1.39. The molecular formula is C28H34N2O5. The van der Waals surface area contributed by atoms with Crippen LogP contribution in [-0.4, -0.2) is 53.7 Å². The van der Waals surface area contributed by atoms with E-state index >= 15 is 0 Å². The van der Waals surface area contributed by atoms with Crippen LogP contribution in [0.4, 0.5) is 4.79 Å². The van der Waals surface area contributed by atoms with Crippen molar-refractivity contribution in [3.8, 4) is 11.1 Å². The number of nitrogens with zero attached hydrogens (tertiary/aromatic N) is 1. The fraction of sp³-hybridized carbons (Fsp3) is 0.464. The molecule has 1 fully saturated rings. The van der Waals surface area contributed by atoms with Crippen LogP contribution in [0.5, 0.6) is 0 Å². The quantitative estimate of drug-likeness (QED) is 0.630. The third kappa shape index (κ3) is 5.50. The second-order valence-electron chi connectivity index (χ2n) is 10.6. The highest BCUT2D eigenvalue weighted by Gasteiger charge is 2.34. The van der Waals surface area contributed by atoms with E-state index in [4.69, 9.17) is 4.74 Å². The summed E-state index contributed by atoms with van der Waals surface area (Å²) in [6, 6.07) is 15.9. The van der Waals surface area contributed by atoms with Crippen molar-refractivity contribution in [1.82, 2.24) is 10.2 Å². The molecule has 2 aromatic rings. The number of aliphatic carboxylic acids is 1. The highest BCUT2D eigenvalue weighted by atomic mass is 16.5. The maximum Gasteiger partial charge on any atom is 0.407 e. The first-order chi connectivity index (χ1) is 16.6. The zero-order valence-corrected chi connectivity index (χ0v) is 20.6. The first kappa shape index (κ1) is 24.8. The lowest BCUT2D eigenvalue weighted by Gasteiger charge is -2.35. The van der Waals surface area contributed by atoms with E-state index in [0.29, 0.717) is 19.4 Å². The van der Waals surface area contributed by atoms with E-state index in [1.807, 2.05) is 45.0 Å². The molecule has 0 spiro atoms. The summed E-state index contributed by atoms with van der Waals surface area (Å²) in [4.78, 5) is 38.8. The molecule has 1 aliphatic heterocycles. The van der Waals surface area contributed by atoms with Crippen molar-refractivity contribution < 1.29 is 24.2 Å². The highest BCUT2D eigenvalue weighted by molar-refractivity contribution is 5.80. The average Bonchev–Trinajstić information content (AvgIpc) is 3.15. The fourth-order valence-corrected chi connectivity index (χ4v) is 5.07. The minimum absolute atomic E-state index is 0.0378. The summed E-state index contributed by atoms with van der Waals surface area (Å²) >= 11 is 0. The molecule has 2 atom stereocenters. The number of carbonyl (C=O) groups is 3. The second kappa shape index (κ2) is 10.1. The van der Waals surface area contributed by atoms with Gasteiger partial charge in [0.05, 0.1) is 5.92 Å². The number of ether oxygens (including phenoxy) is 1. The maximum absolute atomic E-state index is 13.0. The summed E-state index contributed by atoms with van der Waals surface area (Å²) < 4.78 is 5.69. The number of hydrogen-bond donors (Lipinski definition) is 2. The molecule has 1 saturated heterocycles. The van der Waals surface area contributed by atoms with Gasteiger partial charge >= 0.3 is 12.1 Å². The summed E-state index contributed by atoms with van der Waals surface area (Å²) in [7, 11) is 0. The van der Waals surface area contributed by atoms with E-state index < -0.39 is 24.0 Å². The van der Waals surface area contributed by atoms with Gasteiger partial charge in [0, 0.05) is 31.5 Å². The zero-order valence-electron chi connectivity index (χ0n) is 20.6. The Labute approximate surface area is 206 Å². The fourth-order valence-electron chi connectivity index (χ4n) is 5.07. The van der Waals surface area contributed by atoms with Crippen molar-refractivity contribution in [2.75, 3.05) is 19.7 Å². The van der Waals surface area contributed by atoms with E-state index in [0.717, 1.165) is 22.3 Å². The number of likely N-dealkylation sites (tertiary alicyclic amines) is 1. The molecule has 35 heavy (non-hydrogen) atoms. The Morgan fingerprint density at radius 1 is 1.06 bits per heavy atom. The lowest BCUT2D eigenvalue weighted by atomic mass is 9.84. The first-order valence-corrected chi connectivity index (χ1v) is 12.3. The molecule has 186 valence electrons. The van der Waals surface area contributed by atoms with Gasteiger partial charge in [0.1, 0.15) is 6.61 Å². The van der Waals surface area contributed by atoms with E-state index in [1.165, 1.54) is 0 Å². The normalized spacial score (nSPS) is 18.4. The smallest absolute Gasteiger partial charge is 0.407 e. The van der Waals surface area contributed by atoms with Crippen molar-refractivity contribution in [2.24, 2.45) is 11.3 Å². The number of amides is 2. The van der Waals surface area contributed by atoms with Crippen molar-refractivity contribution in [1.29, 1.82) is 0 Å². The summed E-state index contributed by atoms with van der Waals surface area (Å²) in [5.74, 6) is -1.58. The minimum Gasteiger partial charge on any atom is -0.481 e. The molecule has 7 nitrogen and oxygen atoms in total. The molecule has 1 unspecified atom stereocenters. The Hall–Kier alpha value is -3.35. The SMILES string of the molecule is CC(C)(C)C(CC(=O)N1CCC[C@H](C(=O)O)C1)NC(=O)OCC1c2ccccc2-c2ccccc21. The molecular weight excluding hydrogens is 444 g/mol. The third-order valence-electron chi connectivity index (χ3n) is 7.18. The average molecular weight is 479 g/mol. The number of rotatable bonds is 6. The minimum atomic E-state index is -0.869. The first-order valence-electron chi connectivity index (χ1n) is 12.3. The monoisotopic (exact) mass is 478 g/mol. The van der Waals surface area contributed by atoms with Gasteiger partial charge in [-0.1, -0.05) is 69.3 Å². The highest BCUT2D eigenvalue weighted by Crippen LogP contribution is 2.44. The van der Waals surface area contributed by atoms with Crippen LogP contribution < -0.4 is 5.32 Å². The van der Waals surface area contributed by atoms with Crippen LogP contribution in [-0.2, 0) is 14.3 Å². The van der Waals surface area contributed by atoms with Gasteiger partial charge in [-0.05, 0) is 40.5 Å². The lowest BCUT2D eigenvalue weighted by molar-refractivity contribution is -0.145. The number of benzene rings is 2. The van der Waals surface area contributed by atoms with E-state index in [-0.39, 0.29) is 36.8 Å². The Morgan fingerprint density at radius 3 is 2.23 bits per heavy atom. The number of carboxylic acid groups (broad SMARTS) is 1. The molecule has 0 saturated carbocycles. The van der Waals surface area contributed by atoms with Gasteiger partial charge in [0.2, 0.25) is 5.91 Å². The molecule has 2 N–H and O–H groups in total. The molecule has 0 aromatic heterocycles. The molecule has 7 heteroatoms. The van der Waals surface area contributed by atoms with Gasteiger partial charge in [0.25, 0.3) is 0 Å². The number of alkyl carbamates (subject to hydrolysis) is 1. The summed E-state index contributed by atoms with van der Waals surface area (Å²) in [6.07, 6.45) is 0.796. The van der Waals surface area contributed by atoms with Crippen LogP contribution in [0.2, 0.25) is 0 Å². The van der Waals surface area contributed by atoms with Crippen molar-refractivity contribution in [2.45, 2.75) is 52.0 Å². The molecule has 2 aromatic carbocycles. The summed E-state index contributed by atoms with van der Waals surface area (Å²) in [5, 5.41) is 12.2. The molecule has 4 rings (SSSR count). The standard InChI is InChI=1S/C28H34N2O5/c1-28(2,3)24(15-25(31)30-14-8-9-18(16-30)26(32)33)29-27(34)35-17-23-21-12-6-4-10-19(21)20-11-5-7-13-22(20)23/h4-7,10-13,18,23-24H,8-9,14-17H2,1-3H3,(H,29,34)(H,32,33)/t18-,24?/m0/s1. The predicted octanol–water partition coefficient (Wildman–Crippen LogP) is 4.65. The number of carbonyl (C=O) groups excluding carboxylic acids is 2. The molecule has 1 aliphatic carbocycles. The van der Waals surface area contributed by atoms with Crippen LogP contribution in [0, 0.1) is 11.3 Å². The van der Waals surface area contributed by atoms with Gasteiger partial charge in [-0.2, -0.15) is 0 Å². The topological polar surface area (TPSA) is 95.9 Å². The molecule has 2 aliphatic rings. The zero-order chi connectivity index (χ0) is 25.2. The summed E-state index contributed by atoms with van der Waals surface area (Å²) in [5.41, 5.74) is 4.22.